The molecule has 28 heavy (non-hydrogen) atoms. The van der Waals surface area contributed by atoms with Crippen molar-refractivity contribution >= 4 is 23.7 Å². The first-order chi connectivity index (χ1) is 13.5. The zero-order valence-corrected chi connectivity index (χ0v) is 14.6. The fraction of sp³-hybridized carbons (Fsp3) is 0.211. The molecular weight excluding hydrogens is 368 g/mol. The van der Waals surface area contributed by atoms with Crippen LogP contribution >= 0.6 is 0 Å². The highest BCUT2D eigenvalue weighted by molar-refractivity contribution is 5.99. The molecule has 2 aromatic carbocycles. The Bertz CT molecular complexity index is 896. The van der Waals surface area contributed by atoms with Crippen molar-refractivity contribution in [1.82, 2.24) is 4.90 Å². The van der Waals surface area contributed by atoms with Gasteiger partial charge in [0.05, 0.1) is 4.92 Å². The number of imide groups is 1. The lowest BCUT2D eigenvalue weighted by molar-refractivity contribution is -0.384. The number of carbonyl (C=O) groups is 3. The third-order valence-electron chi connectivity index (χ3n) is 4.15. The summed E-state index contributed by atoms with van der Waals surface area (Å²) in [7, 11) is 0. The number of esters is 1. The van der Waals surface area contributed by atoms with Crippen LogP contribution in [-0.4, -0.2) is 33.8 Å². The summed E-state index contributed by atoms with van der Waals surface area (Å²) in [6.45, 7) is -0.0342. The van der Waals surface area contributed by atoms with Crippen molar-refractivity contribution in [3.8, 4) is 5.75 Å². The molecule has 0 unspecified atom stereocenters. The van der Waals surface area contributed by atoms with E-state index in [0.717, 1.165) is 10.5 Å². The second-order valence-electron chi connectivity index (χ2n) is 6.03. The van der Waals surface area contributed by atoms with Gasteiger partial charge in [0.15, 0.2) is 0 Å². The second kappa shape index (κ2) is 8.30. The van der Waals surface area contributed by atoms with Gasteiger partial charge in [-0.25, -0.2) is 14.5 Å². The van der Waals surface area contributed by atoms with Crippen LogP contribution in [0, 0.1) is 10.1 Å². The fourth-order valence-electron chi connectivity index (χ4n) is 2.74. The fourth-order valence-corrected chi connectivity index (χ4v) is 2.74. The first-order valence-electron chi connectivity index (χ1n) is 8.44. The molecule has 0 aromatic heterocycles. The van der Waals surface area contributed by atoms with Gasteiger partial charge in [-0.3, -0.25) is 14.9 Å². The summed E-state index contributed by atoms with van der Waals surface area (Å²) in [6, 6.07) is 12.7. The van der Waals surface area contributed by atoms with Gasteiger partial charge in [-0.15, -0.1) is 0 Å². The Morgan fingerprint density at radius 1 is 1.11 bits per heavy atom. The Labute approximate surface area is 159 Å². The number of nitro benzene ring substituents is 1. The van der Waals surface area contributed by atoms with Gasteiger partial charge in [-0.1, -0.05) is 30.3 Å². The van der Waals surface area contributed by atoms with Gasteiger partial charge in [-0.05, 0) is 24.1 Å². The van der Waals surface area contributed by atoms with Crippen molar-refractivity contribution in [2.45, 2.75) is 25.5 Å². The molecule has 1 heterocycles. The monoisotopic (exact) mass is 384 g/mol. The molecule has 0 aliphatic carbocycles. The van der Waals surface area contributed by atoms with Gasteiger partial charge >= 0.3 is 12.1 Å². The molecule has 1 fully saturated rings. The van der Waals surface area contributed by atoms with Crippen LogP contribution in [0.1, 0.15) is 18.4 Å². The highest BCUT2D eigenvalue weighted by Crippen LogP contribution is 2.24. The summed E-state index contributed by atoms with van der Waals surface area (Å²) in [4.78, 5) is 47.6. The van der Waals surface area contributed by atoms with E-state index >= 15 is 0 Å². The van der Waals surface area contributed by atoms with Crippen LogP contribution in [0.5, 0.6) is 5.75 Å². The summed E-state index contributed by atoms with van der Waals surface area (Å²) >= 11 is 0. The molecule has 1 atom stereocenters. The minimum absolute atomic E-state index is 0.0144. The Kier molecular flexibility index (Phi) is 5.64. The molecule has 3 rings (SSSR count). The number of ether oxygens (including phenoxy) is 2. The van der Waals surface area contributed by atoms with Crippen LogP contribution in [0.25, 0.3) is 0 Å². The lowest BCUT2D eigenvalue weighted by atomic mass is 10.2. The van der Waals surface area contributed by atoms with Crippen molar-refractivity contribution in [3.63, 3.8) is 0 Å². The van der Waals surface area contributed by atoms with Gasteiger partial charge in [0, 0.05) is 18.6 Å². The lowest BCUT2D eigenvalue weighted by Crippen LogP contribution is -2.44. The predicted molar refractivity (Wildman–Crippen MR) is 95.2 cm³/mol. The van der Waals surface area contributed by atoms with E-state index in [1.807, 2.05) is 6.07 Å². The van der Waals surface area contributed by atoms with Crippen molar-refractivity contribution in [2.75, 3.05) is 0 Å². The normalized spacial score (nSPS) is 15.9. The maximum absolute atomic E-state index is 12.4. The number of amides is 2. The van der Waals surface area contributed by atoms with Crippen molar-refractivity contribution in [2.24, 2.45) is 0 Å². The SMILES string of the molecule is O=C(Oc1ccc([N+](=O)[O-])cc1)[C@@H]1CCC(=O)N1C(=O)OCc1ccccc1. The Hall–Kier alpha value is -3.75. The number of non-ortho nitro benzene ring substituents is 1. The molecule has 2 aromatic rings. The highest BCUT2D eigenvalue weighted by Gasteiger charge is 2.42. The Morgan fingerprint density at radius 3 is 2.43 bits per heavy atom. The molecule has 9 heteroatoms. The van der Waals surface area contributed by atoms with Crippen LogP contribution in [0.15, 0.2) is 54.6 Å². The molecule has 0 spiro atoms. The molecule has 0 N–H and O–H groups in total. The highest BCUT2D eigenvalue weighted by atomic mass is 16.6. The summed E-state index contributed by atoms with van der Waals surface area (Å²) < 4.78 is 10.3. The van der Waals surface area contributed by atoms with Crippen LogP contribution in [-0.2, 0) is 20.9 Å². The number of nitrogens with zero attached hydrogens (tertiary/aromatic N) is 2. The van der Waals surface area contributed by atoms with Crippen LogP contribution in [0.3, 0.4) is 0 Å². The number of benzene rings is 2. The maximum atomic E-state index is 12.4. The van der Waals surface area contributed by atoms with Crippen molar-refractivity contribution in [1.29, 1.82) is 0 Å². The number of rotatable bonds is 5. The van der Waals surface area contributed by atoms with E-state index in [-0.39, 0.29) is 30.9 Å². The smallest absolute Gasteiger partial charge is 0.417 e. The predicted octanol–water partition coefficient (Wildman–Crippen LogP) is 2.83. The van der Waals surface area contributed by atoms with Gasteiger partial charge in [0.25, 0.3) is 5.69 Å². The lowest BCUT2D eigenvalue weighted by Gasteiger charge is -2.21. The van der Waals surface area contributed by atoms with E-state index in [1.54, 1.807) is 24.3 Å². The zero-order chi connectivity index (χ0) is 20.1. The van der Waals surface area contributed by atoms with Gasteiger partial charge < -0.3 is 9.47 Å². The van der Waals surface area contributed by atoms with E-state index in [4.69, 9.17) is 9.47 Å². The summed E-state index contributed by atoms with van der Waals surface area (Å²) in [5.41, 5.74) is 0.592. The van der Waals surface area contributed by atoms with Gasteiger partial charge in [0.2, 0.25) is 5.91 Å². The summed E-state index contributed by atoms with van der Waals surface area (Å²) in [5, 5.41) is 10.7. The Morgan fingerprint density at radius 2 is 1.79 bits per heavy atom. The van der Waals surface area contributed by atoms with Crippen LogP contribution in [0.2, 0.25) is 0 Å². The topological polar surface area (TPSA) is 116 Å². The molecule has 0 radical (unpaired) electrons. The third kappa shape index (κ3) is 4.32. The molecule has 0 bridgehead atoms. The number of nitro groups is 1. The number of hydrogen-bond acceptors (Lipinski definition) is 7. The molecule has 1 aliphatic rings. The number of hydrogen-bond donors (Lipinski definition) is 0. The first kappa shape index (κ1) is 19.0. The summed E-state index contributed by atoms with van der Waals surface area (Å²) in [5.74, 6) is -1.26. The molecule has 2 amide bonds. The quantitative estimate of drug-likeness (QED) is 0.337. The molecule has 1 saturated heterocycles. The standard InChI is InChI=1S/C19H16N2O7/c22-17-11-10-16(18(23)28-15-8-6-14(7-9-15)21(25)26)20(17)19(24)27-12-13-4-2-1-3-5-13/h1-9,16H,10-12H2/t16-/m0/s1. The molecular formula is C19H16N2O7. The van der Waals surface area contributed by atoms with E-state index in [9.17, 15) is 24.5 Å². The maximum Gasteiger partial charge on any atom is 0.417 e. The molecule has 1 aliphatic heterocycles. The van der Waals surface area contributed by atoms with E-state index in [1.165, 1.54) is 24.3 Å². The molecule has 144 valence electrons. The average Bonchev–Trinajstić information content (AvgIpc) is 3.09. The van der Waals surface area contributed by atoms with E-state index < -0.39 is 28.9 Å². The van der Waals surface area contributed by atoms with Crippen LogP contribution in [0.4, 0.5) is 10.5 Å². The molecule has 0 saturated carbocycles. The minimum Gasteiger partial charge on any atom is -0.444 e. The minimum atomic E-state index is -1.11. The van der Waals surface area contributed by atoms with Gasteiger partial charge in [-0.2, -0.15) is 0 Å². The number of carbonyl (C=O) groups excluding carboxylic acids is 3. The Balaban J connectivity index is 1.64. The third-order valence-corrected chi connectivity index (χ3v) is 4.15. The zero-order valence-electron chi connectivity index (χ0n) is 14.6. The number of likely N-dealkylation sites (tertiary alicyclic amines) is 1. The summed E-state index contributed by atoms with van der Waals surface area (Å²) in [6.07, 6.45) is -0.789. The van der Waals surface area contributed by atoms with E-state index in [2.05, 4.69) is 0 Å². The largest absolute Gasteiger partial charge is 0.444 e. The first-order valence-corrected chi connectivity index (χ1v) is 8.44. The average molecular weight is 384 g/mol. The molecule has 9 nitrogen and oxygen atoms in total. The van der Waals surface area contributed by atoms with Crippen molar-refractivity contribution in [3.05, 3.63) is 70.3 Å². The van der Waals surface area contributed by atoms with Gasteiger partial charge in [0.1, 0.15) is 18.4 Å². The second-order valence-corrected chi connectivity index (χ2v) is 6.03. The van der Waals surface area contributed by atoms with E-state index in [0.29, 0.717) is 0 Å². The van der Waals surface area contributed by atoms with Crippen molar-refractivity contribution < 1.29 is 28.8 Å². The van der Waals surface area contributed by atoms with Crippen LogP contribution < -0.4 is 4.74 Å².